The van der Waals surface area contributed by atoms with Gasteiger partial charge in [-0.15, -0.1) is 0 Å². The highest BCUT2D eigenvalue weighted by Crippen LogP contribution is 2.42. The van der Waals surface area contributed by atoms with Gasteiger partial charge in [0.05, 0.1) is 36.9 Å². The molecule has 2 aliphatic rings. The van der Waals surface area contributed by atoms with Gasteiger partial charge in [-0.1, -0.05) is 0 Å². The molecule has 0 radical (unpaired) electrons. The molecule has 2 aromatic rings. The summed E-state index contributed by atoms with van der Waals surface area (Å²) >= 11 is 1.89. The first-order valence-corrected chi connectivity index (χ1v) is 10.9. The Bertz CT molecular complexity index is 987. The third-order valence-corrected chi connectivity index (χ3v) is 6.75. The van der Waals surface area contributed by atoms with Crippen molar-refractivity contribution in [1.82, 2.24) is 14.8 Å². The number of hydrogen-bond donors (Lipinski definition) is 2. The second-order valence-corrected chi connectivity index (χ2v) is 8.73. The van der Waals surface area contributed by atoms with Gasteiger partial charge < -0.3 is 20.8 Å². The molecule has 0 unspecified atom stereocenters. The molecule has 152 valence electrons. The Labute approximate surface area is 174 Å². The first-order chi connectivity index (χ1) is 14.1. The lowest BCUT2D eigenvalue weighted by Gasteiger charge is -2.36. The third kappa shape index (κ3) is 3.47. The minimum absolute atomic E-state index is 0.187. The summed E-state index contributed by atoms with van der Waals surface area (Å²) in [6, 6.07) is 4.89. The average Bonchev–Trinajstić information content (AvgIpc) is 3.18. The molecule has 8 nitrogen and oxygen atoms in total. The summed E-state index contributed by atoms with van der Waals surface area (Å²) in [5.74, 6) is 3.07. The van der Waals surface area contributed by atoms with Gasteiger partial charge in [0.15, 0.2) is 5.65 Å². The molecule has 3 N–H and O–H groups in total. The van der Waals surface area contributed by atoms with Crippen molar-refractivity contribution in [3.63, 3.8) is 0 Å². The lowest BCUT2D eigenvalue weighted by Crippen LogP contribution is -2.44. The maximum atomic E-state index is 10.2. The monoisotopic (exact) mass is 411 g/mol. The van der Waals surface area contributed by atoms with Crippen molar-refractivity contribution in [2.45, 2.75) is 31.2 Å². The van der Waals surface area contributed by atoms with Crippen LogP contribution >= 0.6 is 11.8 Å². The SMILES string of the molecule is C[C@@H]1COCCN1c1cc(C2(C#N)CCSCC2)c2cnn(C(N)=CC=N)c2n1. The van der Waals surface area contributed by atoms with E-state index in [2.05, 4.69) is 29.1 Å². The van der Waals surface area contributed by atoms with E-state index >= 15 is 0 Å². The van der Waals surface area contributed by atoms with Gasteiger partial charge in [0.1, 0.15) is 11.6 Å². The number of allylic oxidation sites excluding steroid dienone is 1. The number of morpholine rings is 1. The van der Waals surface area contributed by atoms with E-state index in [1.165, 1.54) is 6.08 Å². The molecular formula is C20H25N7OS. The zero-order valence-electron chi connectivity index (χ0n) is 16.5. The van der Waals surface area contributed by atoms with Crippen molar-refractivity contribution < 1.29 is 4.74 Å². The fourth-order valence-corrected chi connectivity index (χ4v) is 5.29. The smallest absolute Gasteiger partial charge is 0.167 e. The standard InChI is InChI=1S/C20H25N7OS/c1-14-12-28-7-6-26(14)18-10-16(20(13-22)3-8-29-9-4-20)15-11-24-27(19(15)25-18)17(23)2-5-21/h2,5,10-11,14,21H,3-4,6-9,12,23H2,1H3/t14-/m1/s1. The van der Waals surface area contributed by atoms with Crippen LogP contribution in [0.5, 0.6) is 0 Å². The van der Waals surface area contributed by atoms with E-state index in [9.17, 15) is 5.26 Å². The molecule has 2 aromatic heterocycles. The summed E-state index contributed by atoms with van der Waals surface area (Å²) in [6.07, 6.45) is 5.97. The van der Waals surface area contributed by atoms with E-state index in [-0.39, 0.29) is 6.04 Å². The number of fused-ring (bicyclic) bond motifs is 1. The predicted octanol–water partition coefficient (Wildman–Crippen LogP) is 2.35. The van der Waals surface area contributed by atoms with E-state index in [1.807, 2.05) is 11.8 Å². The maximum Gasteiger partial charge on any atom is 0.167 e. The zero-order chi connectivity index (χ0) is 20.4. The lowest BCUT2D eigenvalue weighted by molar-refractivity contribution is 0.0985. The van der Waals surface area contributed by atoms with Gasteiger partial charge in [-0.3, -0.25) is 0 Å². The van der Waals surface area contributed by atoms with Crippen molar-refractivity contribution in [3.8, 4) is 6.07 Å². The Hall–Kier alpha value is -2.57. The number of aromatic nitrogens is 3. The minimum atomic E-state index is -0.551. The largest absolute Gasteiger partial charge is 0.384 e. The molecule has 0 aliphatic carbocycles. The highest BCUT2D eigenvalue weighted by Gasteiger charge is 2.37. The van der Waals surface area contributed by atoms with Gasteiger partial charge in [0.25, 0.3) is 0 Å². The Kier molecular flexibility index (Phi) is 5.48. The van der Waals surface area contributed by atoms with Gasteiger partial charge in [0.2, 0.25) is 0 Å². The van der Waals surface area contributed by atoms with Crippen molar-refractivity contribution in [2.24, 2.45) is 5.73 Å². The van der Waals surface area contributed by atoms with Crippen LogP contribution in [-0.4, -0.2) is 58.3 Å². The van der Waals surface area contributed by atoms with Crippen LogP contribution in [0, 0.1) is 16.7 Å². The van der Waals surface area contributed by atoms with Gasteiger partial charge in [-0.05, 0) is 49.0 Å². The van der Waals surface area contributed by atoms with Crippen molar-refractivity contribution in [3.05, 3.63) is 23.9 Å². The molecule has 0 bridgehead atoms. The van der Waals surface area contributed by atoms with Crippen LogP contribution in [0.25, 0.3) is 16.9 Å². The van der Waals surface area contributed by atoms with Crippen LogP contribution in [0.15, 0.2) is 18.3 Å². The molecule has 2 saturated heterocycles. The lowest BCUT2D eigenvalue weighted by atomic mass is 9.76. The molecule has 0 saturated carbocycles. The van der Waals surface area contributed by atoms with Gasteiger partial charge in [-0.25, -0.2) is 4.98 Å². The van der Waals surface area contributed by atoms with Crippen molar-refractivity contribution >= 4 is 40.6 Å². The molecule has 9 heteroatoms. The number of ether oxygens (including phenoxy) is 1. The number of nitrogens with zero attached hydrogens (tertiary/aromatic N) is 5. The van der Waals surface area contributed by atoms with Crippen molar-refractivity contribution in [1.29, 1.82) is 10.7 Å². The van der Waals surface area contributed by atoms with Crippen LogP contribution in [0.1, 0.15) is 25.3 Å². The number of pyridine rings is 1. The van der Waals surface area contributed by atoms with E-state index in [4.69, 9.17) is 20.9 Å². The number of nitriles is 1. The summed E-state index contributed by atoms with van der Waals surface area (Å²) in [5, 5.41) is 22.8. The predicted molar refractivity (Wildman–Crippen MR) is 116 cm³/mol. The quantitative estimate of drug-likeness (QED) is 0.742. The number of anilines is 1. The van der Waals surface area contributed by atoms with Crippen LogP contribution in [0.4, 0.5) is 5.82 Å². The Balaban J connectivity index is 1.95. The minimum Gasteiger partial charge on any atom is -0.384 e. The summed E-state index contributed by atoms with van der Waals surface area (Å²) in [5.41, 5.74) is 7.19. The van der Waals surface area contributed by atoms with Gasteiger partial charge >= 0.3 is 0 Å². The summed E-state index contributed by atoms with van der Waals surface area (Å²) in [7, 11) is 0. The fourth-order valence-electron chi connectivity index (χ4n) is 4.10. The number of nitrogens with one attached hydrogen (secondary N) is 1. The van der Waals surface area contributed by atoms with Crippen LogP contribution in [-0.2, 0) is 10.2 Å². The molecule has 0 amide bonds. The third-order valence-electron chi connectivity index (χ3n) is 5.76. The molecule has 29 heavy (non-hydrogen) atoms. The van der Waals surface area contributed by atoms with Crippen molar-refractivity contribution in [2.75, 3.05) is 36.2 Å². The second-order valence-electron chi connectivity index (χ2n) is 7.50. The second kappa shape index (κ2) is 8.05. The molecule has 0 spiro atoms. The summed E-state index contributed by atoms with van der Waals surface area (Å²) in [4.78, 5) is 7.12. The summed E-state index contributed by atoms with van der Waals surface area (Å²) in [6.45, 7) is 4.15. The molecule has 4 rings (SSSR count). The highest BCUT2D eigenvalue weighted by atomic mass is 32.2. The van der Waals surface area contributed by atoms with Gasteiger partial charge in [-0.2, -0.15) is 26.8 Å². The molecule has 1 atom stereocenters. The number of thioether (sulfide) groups is 1. The molecule has 2 aliphatic heterocycles. The topological polar surface area (TPSA) is 117 Å². The summed E-state index contributed by atoms with van der Waals surface area (Å²) < 4.78 is 7.15. The normalized spacial score (nSPS) is 22.4. The first-order valence-electron chi connectivity index (χ1n) is 9.79. The molecule has 4 heterocycles. The highest BCUT2D eigenvalue weighted by molar-refractivity contribution is 7.99. The molecule has 2 fully saturated rings. The van der Waals surface area contributed by atoms with E-state index < -0.39 is 5.41 Å². The maximum absolute atomic E-state index is 10.2. The fraction of sp³-hybridized carbons (Fsp3) is 0.500. The number of hydrogen-bond acceptors (Lipinski definition) is 8. The number of nitrogens with two attached hydrogens (primary N) is 1. The zero-order valence-corrected chi connectivity index (χ0v) is 17.3. The van der Waals surface area contributed by atoms with Crippen LogP contribution in [0.3, 0.4) is 0 Å². The molecule has 0 aromatic carbocycles. The Morgan fingerprint density at radius 3 is 2.97 bits per heavy atom. The van der Waals surface area contributed by atoms with E-state index in [1.54, 1.807) is 10.9 Å². The van der Waals surface area contributed by atoms with Crippen LogP contribution in [0.2, 0.25) is 0 Å². The molecular weight excluding hydrogens is 386 g/mol. The average molecular weight is 412 g/mol. The van der Waals surface area contributed by atoms with Gasteiger partial charge in [0, 0.05) is 18.1 Å². The Morgan fingerprint density at radius 2 is 2.28 bits per heavy atom. The van der Waals surface area contributed by atoms with Crippen LogP contribution < -0.4 is 10.6 Å². The van der Waals surface area contributed by atoms with E-state index in [0.717, 1.165) is 53.9 Å². The van der Waals surface area contributed by atoms with E-state index in [0.29, 0.717) is 24.7 Å². The number of rotatable bonds is 4. The first kappa shape index (κ1) is 19.7. The Morgan fingerprint density at radius 1 is 1.48 bits per heavy atom.